The zero-order valence-electron chi connectivity index (χ0n) is 16.1. The summed E-state index contributed by atoms with van der Waals surface area (Å²) < 4.78 is 53.0. The molecule has 1 fully saturated rings. The first-order valence-corrected chi connectivity index (χ1v) is 10.2. The fourth-order valence-corrected chi connectivity index (χ4v) is 4.52. The van der Waals surface area contributed by atoms with E-state index in [0.717, 1.165) is 10.5 Å². The summed E-state index contributed by atoms with van der Waals surface area (Å²) in [5.41, 5.74) is 2.04. The number of likely N-dealkylation sites (tertiary alicyclic amines) is 1. The van der Waals surface area contributed by atoms with Crippen LogP contribution in [0.4, 0.5) is 17.6 Å². The molecule has 0 saturated carbocycles. The Morgan fingerprint density at radius 2 is 1.93 bits per heavy atom. The van der Waals surface area contributed by atoms with Crippen molar-refractivity contribution >= 4 is 17.5 Å². The highest BCUT2D eigenvalue weighted by molar-refractivity contribution is 6.31. The topological polar surface area (TPSA) is 52.2 Å². The van der Waals surface area contributed by atoms with Gasteiger partial charge in [-0.3, -0.25) is 14.8 Å². The average Bonchev–Trinajstić information content (AvgIpc) is 3.18. The smallest absolute Gasteiger partial charge is 0.282 e. The van der Waals surface area contributed by atoms with E-state index in [1.165, 1.54) is 6.07 Å². The predicted octanol–water partition coefficient (Wildman–Crippen LogP) is 4.14. The predicted molar refractivity (Wildman–Crippen MR) is 103 cm³/mol. The SMILES string of the molecule is O=C(c1n[nH]c2c1CN(C(F)C(F)F)CC2)N1CCC(c2cccc(F)c2Cl)CC1. The molecule has 2 aliphatic rings. The molecule has 3 heterocycles. The summed E-state index contributed by atoms with van der Waals surface area (Å²) in [5, 5.41) is 7.00. The van der Waals surface area contributed by atoms with Crippen molar-refractivity contribution in [3.63, 3.8) is 0 Å². The van der Waals surface area contributed by atoms with Gasteiger partial charge in [0.2, 0.25) is 6.30 Å². The van der Waals surface area contributed by atoms with Crippen LogP contribution < -0.4 is 0 Å². The van der Waals surface area contributed by atoms with E-state index in [4.69, 9.17) is 11.6 Å². The second kappa shape index (κ2) is 8.55. The van der Waals surface area contributed by atoms with Gasteiger partial charge >= 0.3 is 0 Å². The summed E-state index contributed by atoms with van der Waals surface area (Å²) in [4.78, 5) is 15.7. The molecule has 162 valence electrons. The molecule has 1 unspecified atom stereocenters. The zero-order chi connectivity index (χ0) is 21.4. The molecule has 1 N–H and O–H groups in total. The van der Waals surface area contributed by atoms with Gasteiger partial charge in [-0.2, -0.15) is 5.10 Å². The van der Waals surface area contributed by atoms with E-state index >= 15 is 0 Å². The Kier molecular flexibility index (Phi) is 6.02. The number of hydrogen-bond donors (Lipinski definition) is 1. The molecule has 2 aromatic rings. The molecule has 4 rings (SSSR count). The number of piperidine rings is 1. The number of carbonyl (C=O) groups excluding carboxylic acids is 1. The van der Waals surface area contributed by atoms with E-state index in [1.807, 2.05) is 0 Å². The van der Waals surface area contributed by atoms with Crippen molar-refractivity contribution in [1.82, 2.24) is 20.0 Å². The van der Waals surface area contributed by atoms with Crippen LogP contribution in [0.3, 0.4) is 0 Å². The van der Waals surface area contributed by atoms with E-state index in [2.05, 4.69) is 10.2 Å². The molecule has 0 bridgehead atoms. The molecule has 30 heavy (non-hydrogen) atoms. The van der Waals surface area contributed by atoms with Crippen LogP contribution in [0.2, 0.25) is 5.02 Å². The van der Waals surface area contributed by atoms with E-state index in [0.29, 0.717) is 43.6 Å². The molecule has 5 nitrogen and oxygen atoms in total. The number of hydrogen-bond acceptors (Lipinski definition) is 3. The van der Waals surface area contributed by atoms with Crippen LogP contribution in [0.5, 0.6) is 0 Å². The Morgan fingerprint density at radius 1 is 1.20 bits per heavy atom. The van der Waals surface area contributed by atoms with Crippen molar-refractivity contribution in [3.05, 3.63) is 51.6 Å². The number of nitrogens with zero attached hydrogens (tertiary/aromatic N) is 3. The van der Waals surface area contributed by atoms with Crippen molar-refractivity contribution in [2.24, 2.45) is 0 Å². The lowest BCUT2D eigenvalue weighted by atomic mass is 9.89. The van der Waals surface area contributed by atoms with Crippen LogP contribution in [0.1, 0.15) is 46.1 Å². The minimum absolute atomic E-state index is 0.0409. The first-order chi connectivity index (χ1) is 14.4. The Balaban J connectivity index is 1.45. The maximum absolute atomic E-state index is 13.8. The van der Waals surface area contributed by atoms with Crippen molar-refractivity contribution in [2.45, 2.75) is 44.4 Å². The van der Waals surface area contributed by atoms with Gasteiger partial charge in [-0.25, -0.2) is 17.6 Å². The standard InChI is InChI=1S/C20H21ClF4N4O/c21-16-12(2-1-3-14(16)22)11-4-7-28(8-5-11)20(30)17-13-10-29(19(25)18(23)24)9-6-15(13)26-27-17/h1-3,11,18-19H,4-10H2,(H,26,27). The summed E-state index contributed by atoms with van der Waals surface area (Å²) in [5.74, 6) is -0.736. The zero-order valence-corrected chi connectivity index (χ0v) is 16.8. The van der Waals surface area contributed by atoms with E-state index < -0.39 is 18.5 Å². The highest BCUT2D eigenvalue weighted by atomic mass is 35.5. The van der Waals surface area contributed by atoms with Crippen LogP contribution in [-0.4, -0.2) is 58.3 Å². The molecule has 0 radical (unpaired) electrons. The van der Waals surface area contributed by atoms with Crippen LogP contribution in [0, 0.1) is 5.82 Å². The molecule has 10 heteroatoms. The van der Waals surface area contributed by atoms with Crippen LogP contribution in [0.25, 0.3) is 0 Å². The molecule has 2 aliphatic heterocycles. The number of halogens is 5. The molecule has 0 spiro atoms. The Morgan fingerprint density at radius 3 is 2.63 bits per heavy atom. The van der Waals surface area contributed by atoms with Gasteiger partial charge in [0.05, 0.1) is 5.02 Å². The molecule has 1 atom stereocenters. The summed E-state index contributed by atoms with van der Waals surface area (Å²) in [6, 6.07) is 4.72. The summed E-state index contributed by atoms with van der Waals surface area (Å²) in [6.45, 7) is 0.914. The number of rotatable bonds is 4. The molecule has 1 aromatic heterocycles. The number of amides is 1. The van der Waals surface area contributed by atoms with Crippen LogP contribution in [0.15, 0.2) is 18.2 Å². The number of H-pyrrole nitrogens is 1. The molecular formula is C20H21ClF4N4O. The third kappa shape index (κ3) is 3.92. The lowest BCUT2D eigenvalue weighted by Crippen LogP contribution is -2.42. The van der Waals surface area contributed by atoms with Gasteiger partial charge in [-0.15, -0.1) is 0 Å². The van der Waals surface area contributed by atoms with Crippen molar-refractivity contribution in [2.75, 3.05) is 19.6 Å². The number of fused-ring (bicyclic) bond motifs is 1. The Labute approximate surface area is 176 Å². The van der Waals surface area contributed by atoms with Crippen LogP contribution in [-0.2, 0) is 13.0 Å². The average molecular weight is 445 g/mol. The minimum atomic E-state index is -3.11. The largest absolute Gasteiger partial charge is 0.337 e. The van der Waals surface area contributed by atoms with E-state index in [-0.39, 0.29) is 35.6 Å². The number of carbonyl (C=O) groups is 1. The maximum Gasteiger partial charge on any atom is 0.282 e. The summed E-state index contributed by atoms with van der Waals surface area (Å²) in [7, 11) is 0. The molecule has 1 saturated heterocycles. The van der Waals surface area contributed by atoms with E-state index in [9.17, 15) is 22.4 Å². The molecule has 1 amide bonds. The van der Waals surface area contributed by atoms with Crippen LogP contribution >= 0.6 is 11.6 Å². The number of alkyl halides is 3. The van der Waals surface area contributed by atoms with Crippen molar-refractivity contribution in [1.29, 1.82) is 0 Å². The molecule has 1 aromatic carbocycles. The Hall–Kier alpha value is -2.13. The van der Waals surface area contributed by atoms with Gasteiger partial charge in [0.25, 0.3) is 12.3 Å². The number of nitrogens with one attached hydrogen (secondary N) is 1. The van der Waals surface area contributed by atoms with E-state index in [1.54, 1.807) is 17.0 Å². The highest BCUT2D eigenvalue weighted by Gasteiger charge is 2.35. The van der Waals surface area contributed by atoms with Gasteiger partial charge in [0.1, 0.15) is 5.82 Å². The Bertz CT molecular complexity index is 930. The summed E-state index contributed by atoms with van der Waals surface area (Å²) in [6.07, 6.45) is -3.92. The molecule has 0 aliphatic carbocycles. The quantitative estimate of drug-likeness (QED) is 0.569. The lowest BCUT2D eigenvalue weighted by molar-refractivity contribution is -0.0550. The second-order valence-corrected chi connectivity index (χ2v) is 8.04. The first kappa shape index (κ1) is 21.1. The van der Waals surface area contributed by atoms with Gasteiger partial charge < -0.3 is 4.90 Å². The number of benzene rings is 1. The van der Waals surface area contributed by atoms with Gasteiger partial charge in [0.15, 0.2) is 5.69 Å². The number of aromatic amines is 1. The lowest BCUT2D eigenvalue weighted by Gasteiger charge is -2.33. The van der Waals surface area contributed by atoms with Gasteiger partial charge in [0, 0.05) is 43.9 Å². The van der Waals surface area contributed by atoms with Gasteiger partial charge in [-0.1, -0.05) is 23.7 Å². The highest BCUT2D eigenvalue weighted by Crippen LogP contribution is 2.34. The van der Waals surface area contributed by atoms with Gasteiger partial charge in [-0.05, 0) is 30.4 Å². The minimum Gasteiger partial charge on any atom is -0.337 e. The monoisotopic (exact) mass is 444 g/mol. The fraction of sp³-hybridized carbons (Fsp3) is 0.500. The first-order valence-electron chi connectivity index (χ1n) is 9.82. The van der Waals surface area contributed by atoms with Crippen molar-refractivity contribution in [3.8, 4) is 0 Å². The third-order valence-electron chi connectivity index (χ3n) is 5.93. The maximum atomic E-state index is 13.8. The summed E-state index contributed by atoms with van der Waals surface area (Å²) >= 11 is 6.09. The second-order valence-electron chi connectivity index (χ2n) is 7.67. The normalized spacial score (nSPS) is 19.2. The third-order valence-corrected chi connectivity index (χ3v) is 6.32. The molecular weight excluding hydrogens is 424 g/mol. The fourth-order valence-electron chi connectivity index (χ4n) is 4.24. The number of aromatic nitrogens is 2. The van der Waals surface area contributed by atoms with Crippen molar-refractivity contribution < 1.29 is 22.4 Å².